The van der Waals surface area contributed by atoms with Gasteiger partial charge < -0.3 is 4.57 Å². The van der Waals surface area contributed by atoms with Crippen LogP contribution in [0.15, 0.2) is 83.9 Å². The summed E-state index contributed by atoms with van der Waals surface area (Å²) in [5, 5.41) is 0.398. The van der Waals surface area contributed by atoms with Crippen LogP contribution in [0.5, 0.6) is 0 Å². The molecule has 0 saturated carbocycles. The smallest absolute Gasteiger partial charge is 0.357 e. The Balaban J connectivity index is 1.91. The van der Waals surface area contributed by atoms with Crippen LogP contribution >= 0.6 is 11.2 Å². The van der Waals surface area contributed by atoms with E-state index in [2.05, 4.69) is 4.98 Å². The molecule has 0 N–H and O–H groups in total. The first-order valence-electron chi connectivity index (χ1n) is 8.76. The molecule has 30 heavy (non-hydrogen) atoms. The predicted molar refractivity (Wildman–Crippen MR) is 111 cm³/mol. The zero-order valence-electron chi connectivity index (χ0n) is 15.3. The van der Waals surface area contributed by atoms with E-state index in [0.29, 0.717) is 21.5 Å². The molecule has 1 aliphatic heterocycles. The lowest BCUT2D eigenvalue weighted by molar-refractivity contribution is -0.0501. The van der Waals surface area contributed by atoms with Crippen LogP contribution in [-0.2, 0) is 20.5 Å². The second-order valence-corrected chi connectivity index (χ2v) is 13.6. The Morgan fingerprint density at radius 1 is 0.967 bits per heavy atom. The fourth-order valence-corrected chi connectivity index (χ4v) is 12.5. The molecule has 5 nitrogen and oxygen atoms in total. The Kier molecular flexibility index (Phi) is 5.39. The van der Waals surface area contributed by atoms with Gasteiger partial charge in [-0.2, -0.15) is 21.6 Å². The summed E-state index contributed by atoms with van der Waals surface area (Å²) >= 11 is 1.04. The standard InChI is InChI=1S/C19H15F3N2O3S2Si/c20-19(21,22)29(25,26)27-30(16-9-2-1-3-10-16)24(14-15-8-6-7-13-23-15)17-11-4-5-12-18(17)28-30/h1-13H,14H2. The van der Waals surface area contributed by atoms with E-state index in [1.165, 1.54) is 0 Å². The minimum Gasteiger partial charge on any atom is -0.357 e. The molecule has 0 aliphatic carbocycles. The van der Waals surface area contributed by atoms with E-state index in [1.807, 2.05) is 0 Å². The summed E-state index contributed by atoms with van der Waals surface area (Å²) in [7, 11) is -9.82. The van der Waals surface area contributed by atoms with Crippen molar-refractivity contribution in [3.8, 4) is 0 Å². The van der Waals surface area contributed by atoms with Crippen molar-refractivity contribution in [1.29, 1.82) is 0 Å². The third-order valence-corrected chi connectivity index (χ3v) is 13.3. The summed E-state index contributed by atoms with van der Waals surface area (Å²) in [5.74, 6) is 0. The van der Waals surface area contributed by atoms with Gasteiger partial charge in [0.2, 0.25) is 0 Å². The third kappa shape index (κ3) is 3.73. The van der Waals surface area contributed by atoms with Crippen molar-refractivity contribution in [3.63, 3.8) is 0 Å². The van der Waals surface area contributed by atoms with E-state index >= 15 is 0 Å². The van der Waals surface area contributed by atoms with Crippen LogP contribution < -0.4 is 9.75 Å². The van der Waals surface area contributed by atoms with Gasteiger partial charge in [0.05, 0.1) is 12.2 Å². The third-order valence-electron chi connectivity index (χ3n) is 4.45. The number of rotatable bonds is 5. The molecular formula is C19H15F3N2O3S2Si. The van der Waals surface area contributed by atoms with E-state index < -0.39 is 23.3 Å². The monoisotopic (exact) mass is 468 g/mol. The molecule has 3 aromatic rings. The van der Waals surface area contributed by atoms with Gasteiger partial charge in [-0.25, -0.2) is 0 Å². The molecule has 1 aromatic heterocycles. The number of aromatic nitrogens is 1. The summed E-state index contributed by atoms with van der Waals surface area (Å²) in [6, 6.07) is 20.4. The SMILES string of the molecule is O=S(=O)(O[Si]1(c2ccccc2)Sc2ccccc2N1Cc1ccccn1)C(F)(F)F. The van der Waals surface area contributed by atoms with Crippen molar-refractivity contribution in [3.05, 3.63) is 84.7 Å². The number of anilines is 1. The Morgan fingerprint density at radius 2 is 1.63 bits per heavy atom. The van der Waals surface area contributed by atoms with Gasteiger partial charge in [-0.15, -0.1) is 0 Å². The number of pyridine rings is 1. The molecule has 1 atom stereocenters. The topological polar surface area (TPSA) is 59.5 Å². The van der Waals surface area contributed by atoms with Gasteiger partial charge in [-0.1, -0.05) is 59.7 Å². The number of hydrogen-bond acceptors (Lipinski definition) is 6. The Bertz CT molecular complexity index is 1150. The maximum atomic E-state index is 13.3. The molecule has 1 aliphatic rings. The Hall–Kier alpha value is -2.34. The van der Waals surface area contributed by atoms with Gasteiger partial charge in [-0.3, -0.25) is 8.86 Å². The van der Waals surface area contributed by atoms with Crippen molar-refractivity contribution < 1.29 is 25.5 Å². The lowest BCUT2D eigenvalue weighted by atomic mass is 10.3. The average molecular weight is 469 g/mol. The first-order valence-corrected chi connectivity index (χ1v) is 13.6. The Labute approximate surface area is 176 Å². The summed E-state index contributed by atoms with van der Waals surface area (Å²) in [6.45, 7) is 0.0966. The molecule has 2 heterocycles. The van der Waals surface area contributed by atoms with Crippen LogP contribution in [0.2, 0.25) is 0 Å². The van der Waals surface area contributed by atoms with Crippen molar-refractivity contribution in [1.82, 2.24) is 4.98 Å². The van der Waals surface area contributed by atoms with E-state index in [9.17, 15) is 21.6 Å². The normalized spacial score (nSPS) is 19.0. The molecule has 0 fully saturated rings. The molecule has 0 amide bonds. The molecule has 4 rings (SSSR count). The maximum Gasteiger partial charge on any atom is 0.522 e. The minimum atomic E-state index is -5.85. The zero-order valence-corrected chi connectivity index (χ0v) is 17.9. The average Bonchev–Trinajstić information content (AvgIpc) is 3.02. The molecule has 0 saturated heterocycles. The first kappa shape index (κ1) is 20.9. The summed E-state index contributed by atoms with van der Waals surface area (Å²) in [6.07, 6.45) is 1.57. The van der Waals surface area contributed by atoms with Crippen LogP contribution in [0.1, 0.15) is 5.69 Å². The van der Waals surface area contributed by atoms with Gasteiger partial charge in [0.25, 0.3) is 0 Å². The minimum absolute atomic E-state index is 0.0966. The molecular weight excluding hydrogens is 453 g/mol. The van der Waals surface area contributed by atoms with Gasteiger partial charge in [0.15, 0.2) is 0 Å². The molecule has 0 spiro atoms. The van der Waals surface area contributed by atoms with Gasteiger partial charge in [0, 0.05) is 16.8 Å². The molecule has 0 radical (unpaired) electrons. The van der Waals surface area contributed by atoms with Crippen LogP contribution in [0.4, 0.5) is 18.9 Å². The quantitative estimate of drug-likeness (QED) is 0.418. The predicted octanol–water partition coefficient (Wildman–Crippen LogP) is 3.91. The highest BCUT2D eigenvalue weighted by Crippen LogP contribution is 2.49. The van der Waals surface area contributed by atoms with Crippen LogP contribution in [0.25, 0.3) is 0 Å². The highest BCUT2D eigenvalue weighted by Gasteiger charge is 2.60. The number of alkyl halides is 3. The van der Waals surface area contributed by atoms with Crippen molar-refractivity contribution in [2.24, 2.45) is 0 Å². The van der Waals surface area contributed by atoms with Crippen LogP contribution in [0, 0.1) is 0 Å². The van der Waals surface area contributed by atoms with Crippen LogP contribution in [-0.4, -0.2) is 26.5 Å². The fourth-order valence-electron chi connectivity index (χ4n) is 3.14. The number of halogens is 3. The van der Waals surface area contributed by atoms with Gasteiger partial charge >= 0.3 is 23.3 Å². The van der Waals surface area contributed by atoms with Crippen LogP contribution in [0.3, 0.4) is 0 Å². The first-order chi connectivity index (χ1) is 14.2. The number of fused-ring (bicyclic) bond motifs is 1. The van der Waals surface area contributed by atoms with E-state index in [0.717, 1.165) is 11.2 Å². The summed E-state index contributed by atoms with van der Waals surface area (Å²) in [5.41, 5.74) is -4.34. The van der Waals surface area contributed by atoms with Gasteiger partial charge in [0.1, 0.15) is 0 Å². The van der Waals surface area contributed by atoms with E-state index in [4.69, 9.17) is 3.87 Å². The summed E-state index contributed by atoms with van der Waals surface area (Å²) in [4.78, 5) is 4.92. The molecule has 156 valence electrons. The molecule has 1 unspecified atom stereocenters. The van der Waals surface area contributed by atoms with E-state index in [-0.39, 0.29) is 6.54 Å². The highest BCUT2D eigenvalue weighted by atomic mass is 32.4. The van der Waals surface area contributed by atoms with E-state index in [1.54, 1.807) is 83.6 Å². The number of benzene rings is 2. The lowest BCUT2D eigenvalue weighted by Crippen LogP contribution is -2.62. The van der Waals surface area contributed by atoms with Gasteiger partial charge in [-0.05, 0) is 29.5 Å². The lowest BCUT2D eigenvalue weighted by Gasteiger charge is -2.35. The second-order valence-electron chi connectivity index (χ2n) is 6.41. The van der Waals surface area contributed by atoms with Crippen molar-refractivity contribution in [2.75, 3.05) is 4.57 Å². The summed E-state index contributed by atoms with van der Waals surface area (Å²) < 4.78 is 71.1. The Morgan fingerprint density at radius 3 is 2.30 bits per heavy atom. The zero-order chi connectivity index (χ0) is 21.4. The number of para-hydroxylation sites is 1. The van der Waals surface area contributed by atoms with Crippen molar-refractivity contribution >= 4 is 39.8 Å². The second kappa shape index (κ2) is 7.73. The van der Waals surface area contributed by atoms with Crippen molar-refractivity contribution in [2.45, 2.75) is 16.9 Å². The highest BCUT2D eigenvalue weighted by molar-refractivity contribution is 8.31. The maximum absolute atomic E-state index is 13.3. The molecule has 2 aromatic carbocycles. The fraction of sp³-hybridized carbons (Fsp3) is 0.105. The number of hydrogen-bond donors (Lipinski definition) is 0. The largest absolute Gasteiger partial charge is 0.522 e. The molecule has 11 heteroatoms. The number of nitrogens with zero attached hydrogens (tertiary/aromatic N) is 2. The molecule has 0 bridgehead atoms.